The summed E-state index contributed by atoms with van der Waals surface area (Å²) in [6, 6.07) is 6.59. The Morgan fingerprint density at radius 2 is 2.18 bits per heavy atom. The highest BCUT2D eigenvalue weighted by Crippen LogP contribution is 2.36. The Morgan fingerprint density at radius 3 is 2.88 bits per heavy atom. The molecule has 1 aromatic rings. The summed E-state index contributed by atoms with van der Waals surface area (Å²) in [7, 11) is 0. The summed E-state index contributed by atoms with van der Waals surface area (Å²) < 4.78 is 10.6. The van der Waals surface area contributed by atoms with E-state index in [0.717, 1.165) is 23.2 Å². The van der Waals surface area contributed by atoms with Crippen LogP contribution in [0.15, 0.2) is 22.7 Å². The van der Waals surface area contributed by atoms with Crippen LogP contribution >= 0.6 is 27.9 Å². The number of hydrogen-bond acceptors (Lipinski definition) is 3. The van der Waals surface area contributed by atoms with E-state index in [1.807, 2.05) is 12.1 Å². The zero-order valence-corrected chi connectivity index (χ0v) is 12.8. The van der Waals surface area contributed by atoms with Crippen molar-refractivity contribution in [3.8, 4) is 5.75 Å². The summed E-state index contributed by atoms with van der Waals surface area (Å²) in [5.41, 5.74) is 1.25. The molecular formula is C13H18BrNOS. The van der Waals surface area contributed by atoms with E-state index in [0.29, 0.717) is 6.04 Å². The van der Waals surface area contributed by atoms with Crippen LogP contribution in [0.3, 0.4) is 0 Å². The highest BCUT2D eigenvalue weighted by Gasteiger charge is 2.23. The van der Waals surface area contributed by atoms with Gasteiger partial charge in [0.05, 0.1) is 6.61 Å². The smallest absolute Gasteiger partial charge is 0.124 e. The fourth-order valence-corrected chi connectivity index (χ4v) is 2.86. The van der Waals surface area contributed by atoms with Crippen LogP contribution in [-0.2, 0) is 0 Å². The molecule has 2 nitrogen and oxygen atoms in total. The predicted molar refractivity (Wildman–Crippen MR) is 77.5 cm³/mol. The molecule has 0 amide bonds. The van der Waals surface area contributed by atoms with Gasteiger partial charge in [-0.3, -0.25) is 4.72 Å². The van der Waals surface area contributed by atoms with Crippen LogP contribution in [0.5, 0.6) is 5.75 Å². The van der Waals surface area contributed by atoms with Crippen molar-refractivity contribution < 1.29 is 4.74 Å². The molecule has 0 saturated carbocycles. The maximum Gasteiger partial charge on any atom is 0.124 e. The molecule has 0 radical (unpaired) electrons. The second-order valence-electron chi connectivity index (χ2n) is 5.20. The fraction of sp³-hybridized carbons (Fsp3) is 0.538. The molecule has 1 atom stereocenters. The second kappa shape index (κ2) is 5.21. The summed E-state index contributed by atoms with van der Waals surface area (Å²) in [5.74, 6) is 1.01. The summed E-state index contributed by atoms with van der Waals surface area (Å²) >= 11 is 5.31. The maximum atomic E-state index is 5.67. The Balaban J connectivity index is 2.14. The number of ether oxygens (including phenoxy) is 1. The average molecular weight is 316 g/mol. The lowest BCUT2D eigenvalue weighted by Crippen LogP contribution is -2.26. The molecule has 4 heteroatoms. The second-order valence-corrected chi connectivity index (χ2v) is 7.78. The fourth-order valence-electron chi connectivity index (χ4n) is 1.74. The summed E-state index contributed by atoms with van der Waals surface area (Å²) in [6.45, 7) is 7.43. The number of hydrogen-bond donors (Lipinski definition) is 1. The lowest BCUT2D eigenvalue weighted by Gasteiger charge is -2.29. The van der Waals surface area contributed by atoms with Gasteiger partial charge in [-0.25, -0.2) is 0 Å². The van der Waals surface area contributed by atoms with Gasteiger partial charge < -0.3 is 4.74 Å². The summed E-state index contributed by atoms with van der Waals surface area (Å²) in [4.78, 5) is 0. The monoisotopic (exact) mass is 315 g/mol. The molecule has 1 heterocycles. The van der Waals surface area contributed by atoms with E-state index in [1.54, 1.807) is 11.9 Å². The van der Waals surface area contributed by atoms with Gasteiger partial charge in [0.1, 0.15) is 5.75 Å². The average Bonchev–Trinajstić information content (AvgIpc) is 2.25. The molecule has 1 aliphatic rings. The minimum absolute atomic E-state index is 0.227. The number of fused-ring (bicyclic) bond motifs is 1. The molecule has 1 unspecified atom stereocenters. The molecule has 0 fully saturated rings. The molecule has 0 spiro atoms. The van der Waals surface area contributed by atoms with E-state index in [1.165, 1.54) is 5.56 Å². The lowest BCUT2D eigenvalue weighted by molar-refractivity contribution is 0.264. The zero-order valence-electron chi connectivity index (χ0n) is 10.4. The molecule has 17 heavy (non-hydrogen) atoms. The SMILES string of the molecule is CC(C)(C)SNC1CCOc2ccc(Br)cc21. The molecule has 0 aromatic heterocycles. The summed E-state index contributed by atoms with van der Waals surface area (Å²) in [5, 5.41) is 0. The molecule has 0 bridgehead atoms. The molecule has 1 aliphatic heterocycles. The first-order valence-electron chi connectivity index (χ1n) is 5.81. The van der Waals surface area contributed by atoms with Crippen LogP contribution in [-0.4, -0.2) is 11.4 Å². The van der Waals surface area contributed by atoms with E-state index in [4.69, 9.17) is 4.74 Å². The van der Waals surface area contributed by atoms with Crippen molar-refractivity contribution in [1.29, 1.82) is 0 Å². The van der Waals surface area contributed by atoms with E-state index in [2.05, 4.69) is 47.5 Å². The first-order valence-corrected chi connectivity index (χ1v) is 7.42. The van der Waals surface area contributed by atoms with Crippen LogP contribution in [0.4, 0.5) is 0 Å². The van der Waals surface area contributed by atoms with Gasteiger partial charge in [0, 0.05) is 27.2 Å². The van der Waals surface area contributed by atoms with Crippen molar-refractivity contribution in [1.82, 2.24) is 4.72 Å². The predicted octanol–water partition coefficient (Wildman–Crippen LogP) is 4.31. The van der Waals surface area contributed by atoms with E-state index in [9.17, 15) is 0 Å². The number of nitrogens with one attached hydrogen (secondary N) is 1. The Labute approximate surface area is 116 Å². The molecule has 2 rings (SSSR count). The molecule has 1 aromatic carbocycles. The van der Waals surface area contributed by atoms with Gasteiger partial charge >= 0.3 is 0 Å². The number of halogens is 1. The van der Waals surface area contributed by atoms with Crippen LogP contribution < -0.4 is 9.46 Å². The van der Waals surface area contributed by atoms with Gasteiger partial charge in [-0.1, -0.05) is 27.9 Å². The van der Waals surface area contributed by atoms with E-state index in [-0.39, 0.29) is 4.75 Å². The number of rotatable bonds is 2. The van der Waals surface area contributed by atoms with Crippen molar-refractivity contribution >= 4 is 27.9 Å². The Hall–Kier alpha value is -0.190. The molecular weight excluding hydrogens is 298 g/mol. The molecule has 0 saturated heterocycles. The van der Waals surface area contributed by atoms with E-state index >= 15 is 0 Å². The Morgan fingerprint density at radius 1 is 1.41 bits per heavy atom. The number of benzene rings is 1. The third-order valence-electron chi connectivity index (χ3n) is 2.52. The lowest BCUT2D eigenvalue weighted by atomic mass is 10.0. The van der Waals surface area contributed by atoms with Crippen LogP contribution in [0.25, 0.3) is 0 Å². The van der Waals surface area contributed by atoms with Crippen molar-refractivity contribution in [3.05, 3.63) is 28.2 Å². The minimum Gasteiger partial charge on any atom is -0.493 e. The Kier molecular flexibility index (Phi) is 4.06. The normalized spacial score (nSPS) is 19.6. The third kappa shape index (κ3) is 3.63. The zero-order chi connectivity index (χ0) is 12.5. The van der Waals surface area contributed by atoms with Gasteiger partial charge in [0.15, 0.2) is 0 Å². The highest BCUT2D eigenvalue weighted by atomic mass is 79.9. The molecule has 1 N–H and O–H groups in total. The first-order chi connectivity index (χ1) is 7.96. The van der Waals surface area contributed by atoms with Gasteiger partial charge in [0.25, 0.3) is 0 Å². The van der Waals surface area contributed by atoms with E-state index < -0.39 is 0 Å². The van der Waals surface area contributed by atoms with Crippen LogP contribution in [0.1, 0.15) is 38.8 Å². The van der Waals surface area contributed by atoms with Crippen molar-refractivity contribution in [2.24, 2.45) is 0 Å². The van der Waals surface area contributed by atoms with Crippen molar-refractivity contribution in [3.63, 3.8) is 0 Å². The van der Waals surface area contributed by atoms with Crippen LogP contribution in [0, 0.1) is 0 Å². The standard InChI is InChI=1S/C13H18BrNOS/c1-13(2,3)17-15-11-6-7-16-12-5-4-9(14)8-10(11)12/h4-5,8,11,15H,6-7H2,1-3H3. The quantitative estimate of drug-likeness (QED) is 0.822. The molecule has 94 valence electrons. The van der Waals surface area contributed by atoms with Gasteiger partial charge in [-0.2, -0.15) is 0 Å². The van der Waals surface area contributed by atoms with Crippen LogP contribution in [0.2, 0.25) is 0 Å². The largest absolute Gasteiger partial charge is 0.493 e. The van der Waals surface area contributed by atoms with Crippen molar-refractivity contribution in [2.75, 3.05) is 6.61 Å². The highest BCUT2D eigenvalue weighted by molar-refractivity contribution is 9.10. The summed E-state index contributed by atoms with van der Waals surface area (Å²) in [6.07, 6.45) is 1.02. The van der Waals surface area contributed by atoms with Crippen molar-refractivity contribution in [2.45, 2.75) is 38.0 Å². The molecule has 0 aliphatic carbocycles. The Bertz CT molecular complexity index is 403. The van der Waals surface area contributed by atoms with Gasteiger partial charge in [-0.05, 0) is 39.0 Å². The minimum atomic E-state index is 0.227. The van der Waals surface area contributed by atoms with Gasteiger partial charge in [-0.15, -0.1) is 0 Å². The maximum absolute atomic E-state index is 5.67. The first kappa shape index (κ1) is 13.2. The van der Waals surface area contributed by atoms with Gasteiger partial charge in [0.2, 0.25) is 0 Å². The third-order valence-corrected chi connectivity index (χ3v) is 4.03. The topological polar surface area (TPSA) is 21.3 Å².